The first kappa shape index (κ1) is 15.5. The Hall–Kier alpha value is -1.60. The molecule has 6 nitrogen and oxygen atoms in total. The van der Waals surface area contributed by atoms with Crippen molar-refractivity contribution in [3.63, 3.8) is 0 Å². The molecule has 0 unspecified atom stereocenters. The standard InChI is InChI=1S/C12H19N3O3S/c1-9-4-5-10(11(13)8-9)12(16)14-6-7-19(17,18)15(2)3/h4-5,8H,6-7,13H2,1-3H3,(H,14,16). The summed E-state index contributed by atoms with van der Waals surface area (Å²) in [4.78, 5) is 11.8. The number of carbonyl (C=O) groups excluding carboxylic acids is 1. The average Bonchev–Trinajstić information content (AvgIpc) is 2.28. The number of anilines is 1. The summed E-state index contributed by atoms with van der Waals surface area (Å²) in [5.74, 6) is -0.510. The van der Waals surface area contributed by atoms with Gasteiger partial charge in [0.2, 0.25) is 10.0 Å². The van der Waals surface area contributed by atoms with E-state index in [1.807, 2.05) is 6.92 Å². The zero-order valence-corrected chi connectivity index (χ0v) is 12.1. The van der Waals surface area contributed by atoms with E-state index in [-0.39, 0.29) is 18.2 Å². The summed E-state index contributed by atoms with van der Waals surface area (Å²) in [6.45, 7) is 1.92. The van der Waals surface area contributed by atoms with Gasteiger partial charge in [0.15, 0.2) is 0 Å². The molecule has 1 aromatic rings. The summed E-state index contributed by atoms with van der Waals surface area (Å²) in [5.41, 5.74) is 7.44. The highest BCUT2D eigenvalue weighted by atomic mass is 32.2. The SMILES string of the molecule is Cc1ccc(C(=O)NCCS(=O)(=O)N(C)C)c(N)c1. The molecular weight excluding hydrogens is 266 g/mol. The van der Waals surface area contributed by atoms with Crippen LogP contribution in [0.4, 0.5) is 5.69 Å². The zero-order chi connectivity index (χ0) is 14.6. The summed E-state index contributed by atoms with van der Waals surface area (Å²) in [7, 11) is -0.399. The summed E-state index contributed by atoms with van der Waals surface area (Å²) in [6.07, 6.45) is 0. The highest BCUT2D eigenvalue weighted by molar-refractivity contribution is 7.89. The van der Waals surface area contributed by atoms with Gasteiger partial charge in [-0.1, -0.05) is 6.07 Å². The maximum atomic E-state index is 11.8. The van der Waals surface area contributed by atoms with Gasteiger partial charge in [0.05, 0.1) is 11.3 Å². The molecule has 0 aliphatic rings. The van der Waals surface area contributed by atoms with Crippen LogP contribution in [-0.4, -0.2) is 45.0 Å². The summed E-state index contributed by atoms with van der Waals surface area (Å²) in [5, 5.41) is 2.55. The average molecular weight is 285 g/mol. The molecule has 0 aromatic heterocycles. The largest absolute Gasteiger partial charge is 0.398 e. The van der Waals surface area contributed by atoms with Crippen LogP contribution in [0.15, 0.2) is 18.2 Å². The molecule has 0 fully saturated rings. The van der Waals surface area contributed by atoms with Crippen molar-refractivity contribution in [1.82, 2.24) is 9.62 Å². The fourth-order valence-electron chi connectivity index (χ4n) is 1.46. The molecular formula is C12H19N3O3S. The highest BCUT2D eigenvalue weighted by Gasteiger charge is 2.15. The van der Waals surface area contributed by atoms with Crippen LogP contribution in [0.25, 0.3) is 0 Å². The van der Waals surface area contributed by atoms with Gasteiger partial charge in [-0.15, -0.1) is 0 Å². The molecule has 7 heteroatoms. The van der Waals surface area contributed by atoms with Crippen LogP contribution in [0.3, 0.4) is 0 Å². The molecule has 0 heterocycles. The number of nitrogens with two attached hydrogens (primary N) is 1. The Morgan fingerprint density at radius 2 is 2.00 bits per heavy atom. The minimum Gasteiger partial charge on any atom is -0.398 e. The van der Waals surface area contributed by atoms with Crippen molar-refractivity contribution in [3.05, 3.63) is 29.3 Å². The van der Waals surface area contributed by atoms with E-state index < -0.39 is 10.0 Å². The monoisotopic (exact) mass is 285 g/mol. The smallest absolute Gasteiger partial charge is 0.253 e. The Bertz CT molecular complexity index is 568. The molecule has 1 aromatic carbocycles. The third-order valence-electron chi connectivity index (χ3n) is 2.65. The van der Waals surface area contributed by atoms with Crippen LogP contribution < -0.4 is 11.1 Å². The minimum atomic E-state index is -3.31. The van der Waals surface area contributed by atoms with Gasteiger partial charge in [0.25, 0.3) is 5.91 Å². The Morgan fingerprint density at radius 3 is 2.53 bits per heavy atom. The van der Waals surface area contributed by atoms with Crippen LogP contribution >= 0.6 is 0 Å². The first-order valence-corrected chi connectivity index (χ1v) is 7.39. The number of nitrogen functional groups attached to an aromatic ring is 1. The summed E-state index contributed by atoms with van der Waals surface area (Å²) >= 11 is 0. The summed E-state index contributed by atoms with van der Waals surface area (Å²) < 4.78 is 24.1. The van der Waals surface area contributed by atoms with Gasteiger partial charge in [0.1, 0.15) is 0 Å². The van der Waals surface area contributed by atoms with Gasteiger partial charge >= 0.3 is 0 Å². The maximum Gasteiger partial charge on any atom is 0.253 e. The predicted molar refractivity (Wildman–Crippen MR) is 75.4 cm³/mol. The first-order valence-electron chi connectivity index (χ1n) is 5.78. The number of carbonyl (C=O) groups is 1. The number of sulfonamides is 1. The van der Waals surface area contributed by atoms with Crippen LogP contribution in [0.1, 0.15) is 15.9 Å². The molecule has 3 N–H and O–H groups in total. The van der Waals surface area contributed by atoms with E-state index in [0.29, 0.717) is 11.3 Å². The molecule has 0 aliphatic carbocycles. The van der Waals surface area contributed by atoms with E-state index in [1.165, 1.54) is 14.1 Å². The molecule has 19 heavy (non-hydrogen) atoms. The third kappa shape index (κ3) is 4.22. The number of nitrogens with zero attached hydrogens (tertiary/aromatic N) is 1. The highest BCUT2D eigenvalue weighted by Crippen LogP contribution is 2.13. The number of benzene rings is 1. The fourth-order valence-corrected chi connectivity index (χ4v) is 2.19. The van der Waals surface area contributed by atoms with E-state index in [4.69, 9.17) is 5.73 Å². The Labute approximate surface area is 113 Å². The first-order chi connectivity index (χ1) is 8.74. The van der Waals surface area contributed by atoms with Crippen LogP contribution in [-0.2, 0) is 10.0 Å². The van der Waals surface area contributed by atoms with Gasteiger partial charge in [0, 0.05) is 26.3 Å². The fraction of sp³-hybridized carbons (Fsp3) is 0.417. The molecule has 106 valence electrons. The molecule has 0 saturated carbocycles. The topological polar surface area (TPSA) is 92.5 Å². The van der Waals surface area contributed by atoms with Crippen LogP contribution in [0.5, 0.6) is 0 Å². The number of nitrogens with one attached hydrogen (secondary N) is 1. The summed E-state index contributed by atoms with van der Waals surface area (Å²) in [6, 6.07) is 5.10. The number of amides is 1. The Kier molecular flexibility index (Phi) is 4.90. The van der Waals surface area contributed by atoms with Crippen molar-refractivity contribution >= 4 is 21.6 Å². The minimum absolute atomic E-state index is 0.0483. The number of hydrogen-bond acceptors (Lipinski definition) is 4. The van der Waals surface area contributed by atoms with Crippen molar-refractivity contribution in [2.45, 2.75) is 6.92 Å². The van der Waals surface area contributed by atoms with Gasteiger partial charge in [-0.3, -0.25) is 4.79 Å². The normalized spacial score (nSPS) is 11.6. The van der Waals surface area contributed by atoms with Crippen LogP contribution in [0.2, 0.25) is 0 Å². The lowest BCUT2D eigenvalue weighted by Gasteiger charge is -2.12. The van der Waals surface area contributed by atoms with E-state index in [0.717, 1.165) is 9.87 Å². The van der Waals surface area contributed by atoms with Gasteiger partial charge in [-0.2, -0.15) is 0 Å². The molecule has 0 aliphatic heterocycles. The van der Waals surface area contributed by atoms with E-state index in [1.54, 1.807) is 18.2 Å². The molecule has 1 amide bonds. The van der Waals surface area contributed by atoms with Crippen molar-refractivity contribution in [3.8, 4) is 0 Å². The van der Waals surface area contributed by atoms with Gasteiger partial charge in [-0.25, -0.2) is 12.7 Å². The molecule has 0 saturated heterocycles. The molecule has 0 spiro atoms. The van der Waals surface area contributed by atoms with E-state index >= 15 is 0 Å². The Morgan fingerprint density at radius 1 is 1.37 bits per heavy atom. The molecule has 0 bridgehead atoms. The van der Waals surface area contributed by atoms with E-state index in [2.05, 4.69) is 5.32 Å². The van der Waals surface area contributed by atoms with Crippen molar-refractivity contribution in [2.24, 2.45) is 0 Å². The second-order valence-corrected chi connectivity index (χ2v) is 6.75. The van der Waals surface area contributed by atoms with Crippen molar-refractivity contribution < 1.29 is 13.2 Å². The second kappa shape index (κ2) is 6.03. The lowest BCUT2D eigenvalue weighted by molar-refractivity contribution is 0.0957. The van der Waals surface area contributed by atoms with Gasteiger partial charge in [-0.05, 0) is 24.6 Å². The number of rotatable bonds is 5. The third-order valence-corrected chi connectivity index (χ3v) is 4.49. The zero-order valence-electron chi connectivity index (χ0n) is 11.3. The maximum absolute atomic E-state index is 11.8. The lowest BCUT2D eigenvalue weighted by Crippen LogP contribution is -2.34. The predicted octanol–water partition coefficient (Wildman–Crippen LogP) is 0.198. The Balaban J connectivity index is 2.62. The van der Waals surface area contributed by atoms with Crippen molar-refractivity contribution in [2.75, 3.05) is 32.1 Å². The lowest BCUT2D eigenvalue weighted by atomic mass is 10.1. The molecule has 0 radical (unpaired) electrons. The molecule has 0 atom stereocenters. The quantitative estimate of drug-likeness (QED) is 0.756. The van der Waals surface area contributed by atoms with E-state index in [9.17, 15) is 13.2 Å². The van der Waals surface area contributed by atoms with Crippen LogP contribution in [0, 0.1) is 6.92 Å². The van der Waals surface area contributed by atoms with Crippen molar-refractivity contribution in [1.29, 1.82) is 0 Å². The molecule has 1 rings (SSSR count). The number of hydrogen-bond donors (Lipinski definition) is 2. The number of aryl methyl sites for hydroxylation is 1. The second-order valence-electron chi connectivity index (χ2n) is 4.45. The van der Waals surface area contributed by atoms with Gasteiger partial charge < -0.3 is 11.1 Å².